The summed E-state index contributed by atoms with van der Waals surface area (Å²) in [6.45, 7) is 6.90. The highest BCUT2D eigenvalue weighted by Gasteiger charge is 2.19. The summed E-state index contributed by atoms with van der Waals surface area (Å²) in [6.07, 6.45) is 0.899. The molecule has 2 aromatic carbocycles. The molecule has 30 heavy (non-hydrogen) atoms. The number of quaternary nitrogens is 1. The molecule has 4 rings (SSSR count). The van der Waals surface area contributed by atoms with Crippen molar-refractivity contribution in [2.75, 3.05) is 39.5 Å². The molecule has 7 nitrogen and oxygen atoms in total. The lowest BCUT2D eigenvalue weighted by molar-refractivity contribution is -0.921. The quantitative estimate of drug-likeness (QED) is 0.592. The molecule has 1 aliphatic heterocycles. The zero-order valence-electron chi connectivity index (χ0n) is 17.3. The number of aromatic nitrogens is 1. The minimum atomic E-state index is -0.107. The Morgan fingerprint density at radius 3 is 2.83 bits per heavy atom. The molecular formula is C23H28N3O4+. The van der Waals surface area contributed by atoms with Gasteiger partial charge in [0.25, 0.3) is 5.91 Å². The van der Waals surface area contributed by atoms with Crippen molar-refractivity contribution in [3.63, 3.8) is 0 Å². The lowest BCUT2D eigenvalue weighted by Gasteiger charge is -2.24. The van der Waals surface area contributed by atoms with E-state index in [1.165, 1.54) is 4.90 Å². The van der Waals surface area contributed by atoms with Crippen LogP contribution in [0.3, 0.4) is 0 Å². The van der Waals surface area contributed by atoms with Crippen LogP contribution in [0.5, 0.6) is 5.75 Å². The number of hydrogen-bond donors (Lipinski definition) is 2. The van der Waals surface area contributed by atoms with Gasteiger partial charge >= 0.3 is 0 Å². The number of oxazole rings is 1. The normalized spacial score (nSPS) is 14.7. The highest BCUT2D eigenvalue weighted by Crippen LogP contribution is 2.28. The third-order valence-electron chi connectivity index (χ3n) is 5.17. The van der Waals surface area contributed by atoms with Crippen molar-refractivity contribution in [3.8, 4) is 17.2 Å². The zero-order valence-corrected chi connectivity index (χ0v) is 17.3. The molecule has 158 valence electrons. The molecule has 0 spiro atoms. The smallest absolute Gasteiger partial charge is 0.257 e. The van der Waals surface area contributed by atoms with Gasteiger partial charge in [-0.05, 0) is 36.8 Å². The van der Waals surface area contributed by atoms with E-state index in [0.717, 1.165) is 67.2 Å². The number of carbonyl (C=O) groups is 1. The van der Waals surface area contributed by atoms with Crippen molar-refractivity contribution in [2.24, 2.45) is 0 Å². The first-order valence-electron chi connectivity index (χ1n) is 10.5. The van der Waals surface area contributed by atoms with Gasteiger partial charge in [0.05, 0.1) is 13.2 Å². The van der Waals surface area contributed by atoms with E-state index in [-0.39, 0.29) is 12.5 Å². The predicted molar refractivity (Wildman–Crippen MR) is 113 cm³/mol. The molecular weight excluding hydrogens is 382 g/mol. The van der Waals surface area contributed by atoms with Crippen LogP contribution in [-0.4, -0.2) is 50.3 Å². The second kappa shape index (κ2) is 9.73. The fraction of sp³-hybridized carbons (Fsp3) is 0.391. The summed E-state index contributed by atoms with van der Waals surface area (Å²) in [6, 6.07) is 13.6. The van der Waals surface area contributed by atoms with Gasteiger partial charge in [0, 0.05) is 17.7 Å². The van der Waals surface area contributed by atoms with Crippen LogP contribution in [0, 0.1) is 0 Å². The number of nitrogens with one attached hydrogen (secondary N) is 2. The number of benzene rings is 2. The van der Waals surface area contributed by atoms with E-state index >= 15 is 0 Å². The maximum Gasteiger partial charge on any atom is 0.257 e. The fourth-order valence-corrected chi connectivity index (χ4v) is 3.55. The summed E-state index contributed by atoms with van der Waals surface area (Å²) in [5, 5.41) is 2.84. The lowest BCUT2D eigenvalue weighted by Crippen LogP contribution is -3.12. The first kappa shape index (κ1) is 20.4. The summed E-state index contributed by atoms with van der Waals surface area (Å²) in [5.74, 6) is 1.20. The summed E-state index contributed by atoms with van der Waals surface area (Å²) in [5.41, 5.74) is 3.54. The number of hydrogen-bond acceptors (Lipinski definition) is 5. The van der Waals surface area contributed by atoms with Crippen LogP contribution in [0.2, 0.25) is 0 Å². The van der Waals surface area contributed by atoms with Gasteiger partial charge in [-0.2, -0.15) is 0 Å². The zero-order chi connectivity index (χ0) is 20.8. The maximum atomic E-state index is 12.0. The molecule has 0 radical (unpaired) electrons. The van der Waals surface area contributed by atoms with Crippen LogP contribution in [0.4, 0.5) is 0 Å². The van der Waals surface area contributed by atoms with Gasteiger partial charge < -0.3 is 24.1 Å². The Hall–Kier alpha value is -2.90. The fourth-order valence-electron chi connectivity index (χ4n) is 3.55. The molecule has 1 fully saturated rings. The summed E-state index contributed by atoms with van der Waals surface area (Å²) in [4.78, 5) is 18.0. The third kappa shape index (κ3) is 4.98. The van der Waals surface area contributed by atoms with Crippen molar-refractivity contribution >= 4 is 17.0 Å². The maximum absolute atomic E-state index is 12.0. The standard InChI is InChI=1S/C23H27N3O4/c1-2-9-24-22(27)16-29-20-8-7-17(14-18(20)15-26-10-12-28-13-11-26)23-25-19-5-3-4-6-21(19)30-23/h3-8,14H,2,9-13,15-16H2,1H3,(H,24,27)/p+1. The van der Waals surface area contributed by atoms with Gasteiger partial charge in [-0.1, -0.05) is 19.1 Å². The topological polar surface area (TPSA) is 78.0 Å². The number of amides is 1. The Morgan fingerprint density at radius 1 is 1.20 bits per heavy atom. The average Bonchev–Trinajstić information content (AvgIpc) is 3.22. The largest absolute Gasteiger partial charge is 0.483 e. The number of fused-ring (bicyclic) bond motifs is 1. The Morgan fingerprint density at radius 2 is 2.03 bits per heavy atom. The molecule has 2 heterocycles. The molecule has 0 unspecified atom stereocenters. The van der Waals surface area contributed by atoms with Gasteiger partial charge in [0.15, 0.2) is 12.2 Å². The van der Waals surface area contributed by atoms with E-state index in [2.05, 4.69) is 16.4 Å². The minimum absolute atomic E-state index is 0.00762. The van der Waals surface area contributed by atoms with Crippen molar-refractivity contribution < 1.29 is 23.6 Å². The van der Waals surface area contributed by atoms with E-state index in [0.29, 0.717) is 12.4 Å². The third-order valence-corrected chi connectivity index (χ3v) is 5.17. The molecule has 1 amide bonds. The molecule has 0 aliphatic carbocycles. The molecule has 0 saturated carbocycles. The lowest BCUT2D eigenvalue weighted by atomic mass is 10.1. The predicted octanol–water partition coefficient (Wildman–Crippen LogP) is 1.81. The molecule has 0 bridgehead atoms. The summed E-state index contributed by atoms with van der Waals surface area (Å²) >= 11 is 0. The van der Waals surface area contributed by atoms with Gasteiger partial charge in [-0.15, -0.1) is 0 Å². The van der Waals surface area contributed by atoms with Crippen LogP contribution in [0.1, 0.15) is 18.9 Å². The summed E-state index contributed by atoms with van der Waals surface area (Å²) < 4.78 is 17.3. The number of para-hydroxylation sites is 2. The number of ether oxygens (including phenoxy) is 2. The Bertz CT molecular complexity index is 962. The van der Waals surface area contributed by atoms with Crippen molar-refractivity contribution in [1.82, 2.24) is 10.3 Å². The molecule has 1 saturated heterocycles. The second-order valence-corrected chi connectivity index (χ2v) is 7.49. The van der Waals surface area contributed by atoms with Crippen LogP contribution >= 0.6 is 0 Å². The highest BCUT2D eigenvalue weighted by atomic mass is 16.5. The van der Waals surface area contributed by atoms with Gasteiger partial charge in [-0.25, -0.2) is 4.98 Å². The van der Waals surface area contributed by atoms with Gasteiger partial charge in [0.1, 0.15) is 30.9 Å². The van der Waals surface area contributed by atoms with Crippen molar-refractivity contribution in [3.05, 3.63) is 48.0 Å². The Kier molecular flexibility index (Phi) is 6.61. The van der Waals surface area contributed by atoms with Crippen LogP contribution in [0.25, 0.3) is 22.6 Å². The summed E-state index contributed by atoms with van der Waals surface area (Å²) in [7, 11) is 0. The molecule has 7 heteroatoms. The molecule has 0 atom stereocenters. The second-order valence-electron chi connectivity index (χ2n) is 7.49. The Labute approximate surface area is 176 Å². The molecule has 1 aromatic heterocycles. The molecule has 2 N–H and O–H groups in total. The van der Waals surface area contributed by atoms with Crippen LogP contribution in [0.15, 0.2) is 46.9 Å². The van der Waals surface area contributed by atoms with E-state index in [4.69, 9.17) is 13.9 Å². The van der Waals surface area contributed by atoms with Crippen LogP contribution < -0.4 is 15.0 Å². The van der Waals surface area contributed by atoms with E-state index in [9.17, 15) is 4.79 Å². The first-order valence-corrected chi connectivity index (χ1v) is 10.5. The van der Waals surface area contributed by atoms with Crippen molar-refractivity contribution in [1.29, 1.82) is 0 Å². The average molecular weight is 410 g/mol. The highest BCUT2D eigenvalue weighted by molar-refractivity contribution is 5.78. The van der Waals surface area contributed by atoms with E-state index in [1.54, 1.807) is 0 Å². The number of rotatable bonds is 8. The number of nitrogens with zero attached hydrogens (tertiary/aromatic N) is 1. The number of carbonyl (C=O) groups excluding carboxylic acids is 1. The SMILES string of the molecule is CCCNC(=O)COc1ccc(-c2nc3ccccc3o2)cc1C[NH+]1CCOCC1. The van der Waals surface area contributed by atoms with Crippen LogP contribution in [-0.2, 0) is 16.1 Å². The first-order chi connectivity index (χ1) is 14.7. The molecule has 1 aliphatic rings. The van der Waals surface area contributed by atoms with Gasteiger partial charge in [-0.3, -0.25) is 4.79 Å². The van der Waals surface area contributed by atoms with E-state index < -0.39 is 0 Å². The van der Waals surface area contributed by atoms with Crippen molar-refractivity contribution in [2.45, 2.75) is 19.9 Å². The monoisotopic (exact) mass is 410 g/mol. The molecule has 3 aromatic rings. The number of morpholine rings is 1. The Balaban J connectivity index is 1.57. The van der Waals surface area contributed by atoms with Gasteiger partial charge in [0.2, 0.25) is 5.89 Å². The minimum Gasteiger partial charge on any atom is -0.483 e. The van der Waals surface area contributed by atoms with E-state index in [1.807, 2.05) is 43.3 Å².